The Morgan fingerprint density at radius 2 is 1.90 bits per heavy atom. The fraction of sp³-hybridized carbons (Fsp3) is 0.333. The molecule has 0 aliphatic heterocycles. The van der Waals surface area contributed by atoms with Gasteiger partial charge in [0, 0.05) is 26.3 Å². The Labute approximate surface area is 132 Å². The van der Waals surface area contributed by atoms with Gasteiger partial charge in [0.25, 0.3) is 0 Å². The van der Waals surface area contributed by atoms with Crippen LogP contribution in [0.15, 0.2) is 18.2 Å². The van der Waals surface area contributed by atoms with Crippen molar-refractivity contribution in [2.75, 3.05) is 25.3 Å². The number of anilines is 1. The van der Waals surface area contributed by atoms with E-state index < -0.39 is 11.6 Å². The summed E-state index contributed by atoms with van der Waals surface area (Å²) < 4.78 is 31.9. The van der Waals surface area contributed by atoms with Gasteiger partial charge < -0.3 is 16.2 Å². The summed E-state index contributed by atoms with van der Waals surface area (Å²) >= 11 is 9.86. The molecule has 1 rings (SSSR count). The molecule has 116 valence electrons. The topological polar surface area (TPSA) is 67.8 Å². The van der Waals surface area contributed by atoms with Gasteiger partial charge in [0.1, 0.15) is 11.5 Å². The molecule has 1 aromatic carbocycles. The molecule has 0 aliphatic rings. The number of rotatable bonds is 5. The monoisotopic (exact) mass is 334 g/mol. The van der Waals surface area contributed by atoms with Crippen molar-refractivity contribution in [3.8, 4) is 0 Å². The van der Waals surface area contributed by atoms with Crippen molar-refractivity contribution in [1.82, 2.24) is 5.01 Å². The van der Waals surface area contributed by atoms with E-state index >= 15 is 0 Å². The van der Waals surface area contributed by atoms with Crippen molar-refractivity contribution in [3.05, 3.63) is 29.8 Å². The van der Waals surface area contributed by atoms with Crippen LogP contribution in [-0.2, 0) is 4.74 Å². The summed E-state index contributed by atoms with van der Waals surface area (Å²) in [6.45, 7) is 0.771. The van der Waals surface area contributed by atoms with Gasteiger partial charge in [-0.1, -0.05) is 0 Å². The van der Waals surface area contributed by atoms with Crippen LogP contribution < -0.4 is 16.5 Å². The number of hydrogen-bond donors (Lipinski definition) is 2. The molecule has 9 heteroatoms. The molecule has 4 N–H and O–H groups in total. The predicted molar refractivity (Wildman–Crippen MR) is 85.6 cm³/mol. The maximum atomic E-state index is 13.9. The van der Waals surface area contributed by atoms with Crippen molar-refractivity contribution < 1.29 is 13.5 Å². The molecule has 21 heavy (non-hydrogen) atoms. The van der Waals surface area contributed by atoms with Crippen molar-refractivity contribution in [2.45, 2.75) is 6.42 Å². The van der Waals surface area contributed by atoms with Crippen LogP contribution in [0.1, 0.15) is 6.42 Å². The molecule has 0 aromatic heterocycles. The third-order valence-electron chi connectivity index (χ3n) is 2.56. The zero-order valence-electron chi connectivity index (χ0n) is 11.4. The van der Waals surface area contributed by atoms with Crippen molar-refractivity contribution >= 4 is 40.3 Å². The summed E-state index contributed by atoms with van der Waals surface area (Å²) in [4.78, 5) is 0. The first kappa shape index (κ1) is 17.5. The third-order valence-corrected chi connectivity index (χ3v) is 2.94. The minimum atomic E-state index is -0.823. The van der Waals surface area contributed by atoms with E-state index in [4.69, 9.17) is 40.6 Å². The highest BCUT2D eigenvalue weighted by Crippen LogP contribution is 2.22. The molecule has 0 heterocycles. The molecule has 0 saturated heterocycles. The first-order valence-corrected chi connectivity index (χ1v) is 6.80. The summed E-state index contributed by atoms with van der Waals surface area (Å²) in [5, 5.41) is 2.28. The minimum Gasteiger partial charge on any atom is -0.385 e. The number of nitrogens with two attached hydrogens (primary N) is 2. The molecule has 0 saturated carbocycles. The van der Waals surface area contributed by atoms with Crippen LogP contribution in [0.4, 0.5) is 14.5 Å². The van der Waals surface area contributed by atoms with Crippen LogP contribution in [0.3, 0.4) is 0 Å². The number of thiocarbonyl (C=S) groups is 2. The van der Waals surface area contributed by atoms with Gasteiger partial charge in [0.2, 0.25) is 0 Å². The largest absolute Gasteiger partial charge is 0.385 e. The highest BCUT2D eigenvalue weighted by Gasteiger charge is 2.23. The molecule has 0 aliphatic carbocycles. The zero-order chi connectivity index (χ0) is 16.0. The van der Waals surface area contributed by atoms with E-state index in [-0.39, 0.29) is 15.9 Å². The van der Waals surface area contributed by atoms with E-state index in [1.165, 1.54) is 11.1 Å². The Balaban J connectivity index is 3.12. The van der Waals surface area contributed by atoms with Crippen molar-refractivity contribution in [3.63, 3.8) is 0 Å². The molecule has 0 radical (unpaired) electrons. The number of ether oxygens (including phenoxy) is 1. The van der Waals surface area contributed by atoms with Crippen LogP contribution in [-0.4, -0.2) is 35.5 Å². The van der Waals surface area contributed by atoms with Gasteiger partial charge in [-0.15, -0.1) is 0 Å². The van der Waals surface area contributed by atoms with E-state index in [0.717, 1.165) is 17.1 Å². The Hall–Kier alpha value is -1.58. The second-order valence-electron chi connectivity index (χ2n) is 4.05. The number of benzene rings is 1. The number of methoxy groups -OCH3 is 1. The van der Waals surface area contributed by atoms with Crippen molar-refractivity contribution in [1.29, 1.82) is 0 Å². The van der Waals surface area contributed by atoms with Crippen LogP contribution >= 0.6 is 24.4 Å². The van der Waals surface area contributed by atoms with E-state index in [9.17, 15) is 8.78 Å². The van der Waals surface area contributed by atoms with Crippen molar-refractivity contribution in [2.24, 2.45) is 11.5 Å². The number of hydrogen-bond acceptors (Lipinski definition) is 3. The Bertz CT molecular complexity index is 530. The SMILES string of the molecule is COCCCN(C(N)=S)N(C(N)=S)c1ccc(F)cc1F. The lowest BCUT2D eigenvalue weighted by Crippen LogP contribution is -2.54. The molecular formula is C12H16F2N4OS2. The van der Waals surface area contributed by atoms with Crippen LogP contribution in [0, 0.1) is 11.6 Å². The highest BCUT2D eigenvalue weighted by atomic mass is 32.1. The lowest BCUT2D eigenvalue weighted by Gasteiger charge is -2.35. The standard InChI is InChI=1S/C12H16F2N4OS2/c1-19-6-2-5-17(11(15)20)18(12(16)21)10-4-3-8(13)7-9(10)14/h3-4,7H,2,5-6H2,1H3,(H2,15,20)(H2,16,21). The smallest absolute Gasteiger partial charge is 0.190 e. The Morgan fingerprint density at radius 1 is 1.24 bits per heavy atom. The number of nitrogens with zero attached hydrogens (tertiary/aromatic N) is 2. The van der Waals surface area contributed by atoms with Gasteiger partial charge in [-0.2, -0.15) is 0 Å². The third kappa shape index (κ3) is 4.73. The molecule has 1 aromatic rings. The minimum absolute atomic E-state index is 0.0332. The lowest BCUT2D eigenvalue weighted by molar-refractivity contribution is 0.186. The fourth-order valence-electron chi connectivity index (χ4n) is 1.69. The summed E-state index contributed by atoms with van der Waals surface area (Å²) in [5.74, 6) is -1.53. The van der Waals surface area contributed by atoms with E-state index in [2.05, 4.69) is 0 Å². The first-order chi connectivity index (χ1) is 9.88. The van der Waals surface area contributed by atoms with Crippen LogP contribution in [0.25, 0.3) is 0 Å². The van der Waals surface area contributed by atoms with Gasteiger partial charge in [0.05, 0.1) is 0 Å². The summed E-state index contributed by atoms with van der Waals surface area (Å²) in [5.41, 5.74) is 11.2. The second-order valence-corrected chi connectivity index (χ2v) is 4.89. The quantitative estimate of drug-likeness (QED) is 0.481. The van der Waals surface area contributed by atoms with Crippen LogP contribution in [0.2, 0.25) is 0 Å². The van der Waals surface area contributed by atoms with Gasteiger partial charge >= 0.3 is 0 Å². The molecule has 0 spiro atoms. The highest BCUT2D eigenvalue weighted by molar-refractivity contribution is 7.80. The molecule has 0 atom stereocenters. The van der Waals surface area contributed by atoms with E-state index in [0.29, 0.717) is 19.6 Å². The molecule has 0 fully saturated rings. The first-order valence-electron chi connectivity index (χ1n) is 5.99. The second kappa shape index (κ2) is 8.01. The average molecular weight is 334 g/mol. The summed E-state index contributed by atoms with van der Waals surface area (Å²) in [6, 6.07) is 3.04. The van der Waals surface area contributed by atoms with E-state index in [1.54, 1.807) is 7.11 Å². The zero-order valence-corrected chi connectivity index (χ0v) is 13.0. The fourth-order valence-corrected chi connectivity index (χ4v) is 2.06. The van der Waals surface area contributed by atoms with Gasteiger partial charge in [-0.05, 0) is 43.0 Å². The normalized spacial score (nSPS) is 10.2. The average Bonchev–Trinajstić information content (AvgIpc) is 2.39. The molecule has 0 amide bonds. The predicted octanol–water partition coefficient (Wildman–Crippen LogP) is 1.51. The number of halogens is 2. The Morgan fingerprint density at radius 3 is 2.38 bits per heavy atom. The molecule has 0 bridgehead atoms. The van der Waals surface area contributed by atoms with Gasteiger partial charge in [-0.25, -0.2) is 13.8 Å². The van der Waals surface area contributed by atoms with Gasteiger partial charge in [0.15, 0.2) is 16.0 Å². The molecule has 0 unspecified atom stereocenters. The van der Waals surface area contributed by atoms with E-state index in [1.807, 2.05) is 0 Å². The maximum Gasteiger partial charge on any atom is 0.190 e. The Kier molecular flexibility index (Phi) is 6.66. The molecule has 5 nitrogen and oxygen atoms in total. The lowest BCUT2D eigenvalue weighted by atomic mass is 10.3. The maximum absolute atomic E-state index is 13.9. The summed E-state index contributed by atoms with van der Waals surface area (Å²) in [6.07, 6.45) is 0.565. The van der Waals surface area contributed by atoms with Crippen LogP contribution in [0.5, 0.6) is 0 Å². The molecular weight excluding hydrogens is 318 g/mol. The van der Waals surface area contributed by atoms with Gasteiger partial charge in [-0.3, -0.25) is 5.01 Å². The summed E-state index contributed by atoms with van der Waals surface area (Å²) in [7, 11) is 1.55. The number of hydrazine groups is 1.